The highest BCUT2D eigenvalue weighted by Crippen LogP contribution is 2.21. The van der Waals surface area contributed by atoms with Gasteiger partial charge in [-0.25, -0.2) is 0 Å². The van der Waals surface area contributed by atoms with Crippen molar-refractivity contribution in [3.8, 4) is 5.75 Å². The van der Waals surface area contributed by atoms with Crippen molar-refractivity contribution in [2.75, 3.05) is 11.9 Å². The van der Waals surface area contributed by atoms with Gasteiger partial charge in [0.1, 0.15) is 5.75 Å². The largest absolute Gasteiger partial charge is 0.484 e. The Labute approximate surface area is 140 Å². The van der Waals surface area contributed by atoms with Gasteiger partial charge in [-0.15, -0.1) is 0 Å². The summed E-state index contributed by atoms with van der Waals surface area (Å²) in [5.41, 5.74) is 1.39. The number of rotatable bonds is 5. The van der Waals surface area contributed by atoms with Crippen molar-refractivity contribution in [3.05, 3.63) is 72.3 Å². The zero-order valence-electron chi connectivity index (χ0n) is 13.4. The van der Waals surface area contributed by atoms with Crippen LogP contribution < -0.4 is 10.1 Å². The van der Waals surface area contributed by atoms with Crippen LogP contribution in [0.5, 0.6) is 5.75 Å². The van der Waals surface area contributed by atoms with Crippen molar-refractivity contribution in [1.29, 1.82) is 0 Å². The lowest BCUT2D eigenvalue weighted by atomic mass is 10.1. The maximum atomic E-state index is 12.0. The van der Waals surface area contributed by atoms with Gasteiger partial charge in [0.15, 0.2) is 6.61 Å². The smallest absolute Gasteiger partial charge is 0.262 e. The number of ether oxygens (including phenoxy) is 1. The van der Waals surface area contributed by atoms with Gasteiger partial charge in [-0.1, -0.05) is 42.5 Å². The summed E-state index contributed by atoms with van der Waals surface area (Å²) in [4.78, 5) is 12.0. The predicted molar refractivity (Wildman–Crippen MR) is 95.1 cm³/mol. The van der Waals surface area contributed by atoms with Crippen LogP contribution in [0.15, 0.2) is 66.7 Å². The molecule has 1 amide bonds. The standard InChI is InChI=1S/C20H19NO3/c1-14(22)16-7-4-8-18(11-16)21-20(23)13-24-19-10-9-15-5-2-3-6-17(15)12-19/h2-12,14,22H,13H2,1H3,(H,21,23). The quantitative estimate of drug-likeness (QED) is 0.749. The lowest BCUT2D eigenvalue weighted by Gasteiger charge is -2.10. The third kappa shape index (κ3) is 3.91. The predicted octanol–water partition coefficient (Wildman–Crippen LogP) is 3.91. The second-order valence-electron chi connectivity index (χ2n) is 5.65. The normalized spacial score (nSPS) is 11.9. The number of aliphatic hydroxyl groups excluding tert-OH is 1. The molecule has 0 fully saturated rings. The molecule has 0 saturated carbocycles. The first kappa shape index (κ1) is 16.0. The Morgan fingerprint density at radius 2 is 1.83 bits per heavy atom. The molecular weight excluding hydrogens is 302 g/mol. The number of carbonyl (C=O) groups excluding carboxylic acids is 1. The van der Waals surface area contributed by atoms with Gasteiger partial charge < -0.3 is 15.2 Å². The first-order chi connectivity index (χ1) is 11.6. The van der Waals surface area contributed by atoms with Gasteiger partial charge in [0.25, 0.3) is 5.91 Å². The van der Waals surface area contributed by atoms with Gasteiger partial charge in [0.05, 0.1) is 6.10 Å². The summed E-state index contributed by atoms with van der Waals surface area (Å²) in [7, 11) is 0. The number of nitrogens with one attached hydrogen (secondary N) is 1. The SMILES string of the molecule is CC(O)c1cccc(NC(=O)COc2ccc3ccccc3c2)c1. The Balaban J connectivity index is 1.61. The van der Waals surface area contributed by atoms with E-state index in [4.69, 9.17) is 4.74 Å². The summed E-state index contributed by atoms with van der Waals surface area (Å²) in [5.74, 6) is 0.410. The number of hydrogen-bond donors (Lipinski definition) is 2. The highest BCUT2D eigenvalue weighted by atomic mass is 16.5. The van der Waals surface area contributed by atoms with E-state index >= 15 is 0 Å². The number of fused-ring (bicyclic) bond motifs is 1. The third-order valence-corrected chi connectivity index (χ3v) is 3.74. The fourth-order valence-corrected chi connectivity index (χ4v) is 2.48. The fraction of sp³-hybridized carbons (Fsp3) is 0.150. The van der Waals surface area contributed by atoms with Crippen LogP contribution in [-0.2, 0) is 4.79 Å². The van der Waals surface area contributed by atoms with Gasteiger partial charge in [0, 0.05) is 5.69 Å². The van der Waals surface area contributed by atoms with Crippen LogP contribution in [0.1, 0.15) is 18.6 Å². The molecular formula is C20H19NO3. The van der Waals surface area contributed by atoms with Crippen LogP contribution in [0.2, 0.25) is 0 Å². The van der Waals surface area contributed by atoms with Crippen molar-refractivity contribution >= 4 is 22.4 Å². The molecule has 122 valence electrons. The number of carbonyl (C=O) groups is 1. The molecule has 1 atom stereocenters. The molecule has 4 heteroatoms. The van der Waals surface area contributed by atoms with Gasteiger partial charge in [-0.05, 0) is 47.5 Å². The Hall–Kier alpha value is -2.85. The molecule has 0 aliphatic heterocycles. The van der Waals surface area contributed by atoms with E-state index in [1.165, 1.54) is 0 Å². The molecule has 1 unspecified atom stereocenters. The summed E-state index contributed by atoms with van der Waals surface area (Å²) >= 11 is 0. The Kier molecular flexibility index (Phi) is 4.77. The van der Waals surface area contributed by atoms with E-state index in [9.17, 15) is 9.90 Å². The first-order valence-electron chi connectivity index (χ1n) is 7.81. The molecule has 24 heavy (non-hydrogen) atoms. The minimum atomic E-state index is -0.573. The van der Waals surface area contributed by atoms with Crippen LogP contribution in [-0.4, -0.2) is 17.6 Å². The zero-order chi connectivity index (χ0) is 16.9. The van der Waals surface area contributed by atoms with Crippen molar-refractivity contribution in [2.45, 2.75) is 13.0 Å². The van der Waals surface area contributed by atoms with E-state index in [-0.39, 0.29) is 12.5 Å². The monoisotopic (exact) mass is 321 g/mol. The van der Waals surface area contributed by atoms with Crippen molar-refractivity contribution < 1.29 is 14.6 Å². The topological polar surface area (TPSA) is 58.6 Å². The minimum absolute atomic E-state index is 0.0722. The molecule has 3 aromatic rings. The summed E-state index contributed by atoms with van der Waals surface area (Å²) < 4.78 is 5.56. The summed E-state index contributed by atoms with van der Waals surface area (Å²) in [5, 5.41) is 14.6. The summed E-state index contributed by atoms with van der Waals surface area (Å²) in [6.45, 7) is 1.61. The molecule has 2 N–H and O–H groups in total. The second-order valence-corrected chi connectivity index (χ2v) is 5.65. The Morgan fingerprint density at radius 3 is 2.62 bits per heavy atom. The van der Waals surface area contributed by atoms with Crippen molar-refractivity contribution in [2.24, 2.45) is 0 Å². The maximum absolute atomic E-state index is 12.0. The lowest BCUT2D eigenvalue weighted by Crippen LogP contribution is -2.20. The molecule has 0 radical (unpaired) electrons. The number of aliphatic hydroxyl groups is 1. The van der Waals surface area contributed by atoms with E-state index in [1.807, 2.05) is 48.5 Å². The van der Waals surface area contributed by atoms with E-state index in [1.54, 1.807) is 25.1 Å². The number of benzene rings is 3. The molecule has 0 aromatic heterocycles. The highest BCUT2D eigenvalue weighted by molar-refractivity contribution is 5.92. The van der Waals surface area contributed by atoms with Gasteiger partial charge in [-0.2, -0.15) is 0 Å². The highest BCUT2D eigenvalue weighted by Gasteiger charge is 2.06. The third-order valence-electron chi connectivity index (χ3n) is 3.74. The molecule has 0 bridgehead atoms. The second kappa shape index (κ2) is 7.15. The number of amides is 1. The van der Waals surface area contributed by atoms with Gasteiger partial charge in [-0.3, -0.25) is 4.79 Å². The summed E-state index contributed by atoms with van der Waals surface area (Å²) in [6.07, 6.45) is -0.573. The Bertz CT molecular complexity index is 858. The number of anilines is 1. The molecule has 0 heterocycles. The molecule has 4 nitrogen and oxygen atoms in total. The van der Waals surface area contributed by atoms with E-state index < -0.39 is 6.10 Å². The molecule has 0 saturated heterocycles. The molecule has 3 rings (SSSR count). The fourth-order valence-electron chi connectivity index (χ4n) is 2.48. The average molecular weight is 321 g/mol. The van der Waals surface area contributed by atoms with E-state index in [0.717, 1.165) is 16.3 Å². The van der Waals surface area contributed by atoms with Gasteiger partial charge in [0.2, 0.25) is 0 Å². The van der Waals surface area contributed by atoms with E-state index in [0.29, 0.717) is 11.4 Å². The molecule has 0 spiro atoms. The van der Waals surface area contributed by atoms with Crippen LogP contribution in [0, 0.1) is 0 Å². The van der Waals surface area contributed by atoms with Crippen LogP contribution in [0.3, 0.4) is 0 Å². The van der Waals surface area contributed by atoms with Crippen LogP contribution >= 0.6 is 0 Å². The minimum Gasteiger partial charge on any atom is -0.484 e. The van der Waals surface area contributed by atoms with Crippen LogP contribution in [0.25, 0.3) is 10.8 Å². The first-order valence-corrected chi connectivity index (χ1v) is 7.81. The average Bonchev–Trinajstić information content (AvgIpc) is 2.60. The van der Waals surface area contributed by atoms with Crippen LogP contribution in [0.4, 0.5) is 5.69 Å². The van der Waals surface area contributed by atoms with Gasteiger partial charge >= 0.3 is 0 Å². The maximum Gasteiger partial charge on any atom is 0.262 e. The molecule has 0 aliphatic rings. The zero-order valence-corrected chi connectivity index (χ0v) is 13.4. The van der Waals surface area contributed by atoms with Crippen molar-refractivity contribution in [1.82, 2.24) is 0 Å². The van der Waals surface area contributed by atoms with E-state index in [2.05, 4.69) is 5.32 Å². The molecule has 3 aromatic carbocycles. The summed E-state index contributed by atoms with van der Waals surface area (Å²) in [6, 6.07) is 20.8. The van der Waals surface area contributed by atoms with Crippen molar-refractivity contribution in [3.63, 3.8) is 0 Å². The Morgan fingerprint density at radius 1 is 1.04 bits per heavy atom. The number of hydrogen-bond acceptors (Lipinski definition) is 3. The lowest BCUT2D eigenvalue weighted by molar-refractivity contribution is -0.118. The molecule has 0 aliphatic carbocycles.